The number of aliphatic imine (C=N–C) groups is 1. The predicted molar refractivity (Wildman–Crippen MR) is 130 cm³/mol. The molecular formula is C26H30F3N3O3. The minimum absolute atomic E-state index is 0.0939. The van der Waals surface area contributed by atoms with E-state index in [0.717, 1.165) is 12.3 Å². The minimum Gasteiger partial charge on any atom is -0.497 e. The lowest BCUT2D eigenvalue weighted by molar-refractivity contribution is -0.137. The first-order valence-corrected chi connectivity index (χ1v) is 11.1. The van der Waals surface area contributed by atoms with Crippen LogP contribution in [-0.2, 0) is 6.18 Å². The highest BCUT2D eigenvalue weighted by Gasteiger charge is 2.30. The van der Waals surface area contributed by atoms with E-state index in [2.05, 4.69) is 16.6 Å². The van der Waals surface area contributed by atoms with Crippen LogP contribution in [0, 0.1) is 0 Å². The van der Waals surface area contributed by atoms with Crippen LogP contribution >= 0.6 is 0 Å². The van der Waals surface area contributed by atoms with Crippen LogP contribution in [0.4, 0.5) is 13.2 Å². The summed E-state index contributed by atoms with van der Waals surface area (Å²) in [5, 5.41) is 0. The largest absolute Gasteiger partial charge is 0.497 e. The Hall–Kier alpha value is -3.62. The number of aromatic nitrogens is 1. The molecule has 188 valence electrons. The highest BCUT2D eigenvalue weighted by atomic mass is 19.4. The molecule has 9 heteroatoms. The second kappa shape index (κ2) is 12.7. The predicted octanol–water partition coefficient (Wildman–Crippen LogP) is 5.94. The molecule has 0 radical (unpaired) electrons. The molecule has 1 heterocycles. The van der Waals surface area contributed by atoms with Crippen molar-refractivity contribution in [2.75, 3.05) is 20.3 Å². The zero-order valence-electron chi connectivity index (χ0n) is 20.3. The molecule has 2 rings (SSSR count). The van der Waals surface area contributed by atoms with Crippen molar-refractivity contribution in [1.29, 1.82) is 0 Å². The molecule has 0 saturated carbocycles. The number of rotatable bonds is 11. The number of carbonyl (C=O) groups is 1. The first-order valence-electron chi connectivity index (χ1n) is 11.1. The number of ether oxygens (including phenoxy) is 2. The SMILES string of the molecule is C=C/C=C\N=C(C)c1cc(OC)ccc1C(=O)N(CC)[C@@H](C)CCOc1ccc(C(F)(F)F)cn1. The van der Waals surface area contributed by atoms with Crippen LogP contribution in [0.5, 0.6) is 11.6 Å². The van der Waals surface area contributed by atoms with Gasteiger partial charge in [-0.2, -0.15) is 13.2 Å². The summed E-state index contributed by atoms with van der Waals surface area (Å²) >= 11 is 0. The zero-order valence-corrected chi connectivity index (χ0v) is 20.3. The number of alkyl halides is 3. The molecule has 1 atom stereocenters. The number of nitrogens with zero attached hydrogens (tertiary/aromatic N) is 3. The van der Waals surface area contributed by atoms with E-state index in [1.165, 1.54) is 6.07 Å². The number of pyridine rings is 1. The smallest absolute Gasteiger partial charge is 0.417 e. The van der Waals surface area contributed by atoms with Gasteiger partial charge in [0, 0.05) is 54.3 Å². The summed E-state index contributed by atoms with van der Waals surface area (Å²) < 4.78 is 48.9. The second-order valence-corrected chi connectivity index (χ2v) is 7.66. The highest BCUT2D eigenvalue weighted by Crippen LogP contribution is 2.29. The van der Waals surface area contributed by atoms with E-state index in [1.807, 2.05) is 20.8 Å². The Morgan fingerprint density at radius 2 is 2.00 bits per heavy atom. The summed E-state index contributed by atoms with van der Waals surface area (Å²) in [6, 6.07) is 7.11. The van der Waals surface area contributed by atoms with Crippen molar-refractivity contribution in [1.82, 2.24) is 9.88 Å². The average molecular weight is 490 g/mol. The van der Waals surface area contributed by atoms with Gasteiger partial charge in [-0.05, 0) is 51.1 Å². The summed E-state index contributed by atoms with van der Waals surface area (Å²) in [7, 11) is 1.55. The topological polar surface area (TPSA) is 64.0 Å². The van der Waals surface area contributed by atoms with Crippen LogP contribution in [0.25, 0.3) is 0 Å². The van der Waals surface area contributed by atoms with Gasteiger partial charge in [0.2, 0.25) is 5.88 Å². The number of halogens is 3. The molecule has 2 aromatic rings. The van der Waals surface area contributed by atoms with Crippen molar-refractivity contribution >= 4 is 11.6 Å². The number of benzene rings is 1. The molecule has 0 aliphatic rings. The summed E-state index contributed by atoms with van der Waals surface area (Å²) in [5.74, 6) is 0.524. The third-order valence-corrected chi connectivity index (χ3v) is 5.32. The lowest BCUT2D eigenvalue weighted by Gasteiger charge is -2.29. The van der Waals surface area contributed by atoms with Crippen molar-refractivity contribution < 1.29 is 27.4 Å². The molecule has 1 aromatic heterocycles. The number of hydrogen-bond acceptors (Lipinski definition) is 5. The molecule has 0 fully saturated rings. The Kier molecular flexibility index (Phi) is 10.1. The van der Waals surface area contributed by atoms with Gasteiger partial charge >= 0.3 is 6.18 Å². The lowest BCUT2D eigenvalue weighted by atomic mass is 10.0. The zero-order chi connectivity index (χ0) is 26.0. The quantitative estimate of drug-likeness (QED) is 0.290. The Balaban J connectivity index is 2.14. The molecule has 0 N–H and O–H groups in total. The minimum atomic E-state index is -4.45. The molecule has 1 amide bonds. The van der Waals surface area contributed by atoms with Crippen molar-refractivity contribution in [3.05, 3.63) is 78.1 Å². The monoisotopic (exact) mass is 489 g/mol. The van der Waals surface area contributed by atoms with Crippen LogP contribution in [0.3, 0.4) is 0 Å². The number of allylic oxidation sites excluding steroid dienone is 2. The standard InChI is InChI=1S/C26H30F3N3O3/c1-6-8-14-30-19(4)23-16-21(34-5)10-11-22(23)25(33)32(7-2)18(3)13-15-35-24-12-9-20(17-31-24)26(27,28)29/h6,8-12,14,16-18H,1,7,13,15H2,2-5H3/b14-8-,30-19?/t18-/m0/s1. The summed E-state index contributed by atoms with van der Waals surface area (Å²) in [4.78, 5) is 23.3. The molecule has 0 aliphatic carbocycles. The van der Waals surface area contributed by atoms with Crippen LogP contribution in [0.15, 0.2) is 66.5 Å². The van der Waals surface area contributed by atoms with Gasteiger partial charge in [0.25, 0.3) is 5.91 Å². The Morgan fingerprint density at radius 3 is 2.57 bits per heavy atom. The van der Waals surface area contributed by atoms with E-state index in [-0.39, 0.29) is 24.4 Å². The molecule has 0 saturated heterocycles. The Labute approximate surface area is 203 Å². The number of methoxy groups -OCH3 is 1. The van der Waals surface area contributed by atoms with Crippen LogP contribution in [0.1, 0.15) is 48.7 Å². The molecule has 0 unspecified atom stereocenters. The molecular weight excluding hydrogens is 459 g/mol. The van der Waals surface area contributed by atoms with Crippen molar-refractivity contribution in [2.24, 2.45) is 4.99 Å². The molecule has 35 heavy (non-hydrogen) atoms. The molecule has 0 spiro atoms. The van der Waals surface area contributed by atoms with Gasteiger partial charge in [0.1, 0.15) is 5.75 Å². The van der Waals surface area contributed by atoms with Gasteiger partial charge in [0.15, 0.2) is 0 Å². The van der Waals surface area contributed by atoms with Gasteiger partial charge in [-0.15, -0.1) is 0 Å². The maximum Gasteiger partial charge on any atom is 0.417 e. The molecule has 0 aliphatic heterocycles. The third kappa shape index (κ3) is 7.70. The fourth-order valence-corrected chi connectivity index (χ4v) is 3.35. The number of hydrogen-bond donors (Lipinski definition) is 0. The molecule has 6 nitrogen and oxygen atoms in total. The first kappa shape index (κ1) is 27.6. The number of carbonyl (C=O) groups excluding carboxylic acids is 1. The molecule has 1 aromatic carbocycles. The van der Waals surface area contributed by atoms with Crippen LogP contribution in [0.2, 0.25) is 0 Å². The van der Waals surface area contributed by atoms with E-state index in [9.17, 15) is 18.0 Å². The van der Waals surface area contributed by atoms with Crippen molar-refractivity contribution in [2.45, 2.75) is 39.4 Å². The maximum atomic E-state index is 13.5. The summed E-state index contributed by atoms with van der Waals surface area (Å²) in [5.41, 5.74) is 0.942. The highest BCUT2D eigenvalue weighted by molar-refractivity contribution is 6.09. The van der Waals surface area contributed by atoms with Gasteiger partial charge in [-0.25, -0.2) is 4.98 Å². The first-order chi connectivity index (χ1) is 16.6. The fourth-order valence-electron chi connectivity index (χ4n) is 3.35. The van der Waals surface area contributed by atoms with Crippen LogP contribution in [-0.4, -0.2) is 47.8 Å². The number of amides is 1. The van der Waals surface area contributed by atoms with Gasteiger partial charge < -0.3 is 14.4 Å². The van der Waals surface area contributed by atoms with E-state index in [1.54, 1.807) is 48.6 Å². The maximum absolute atomic E-state index is 13.5. The third-order valence-electron chi connectivity index (χ3n) is 5.32. The van der Waals surface area contributed by atoms with E-state index < -0.39 is 11.7 Å². The van der Waals surface area contributed by atoms with Gasteiger partial charge in [0.05, 0.1) is 19.3 Å². The fraction of sp³-hybridized carbons (Fsp3) is 0.346. The van der Waals surface area contributed by atoms with Gasteiger partial charge in [-0.1, -0.05) is 12.7 Å². The molecule has 0 bridgehead atoms. The summed E-state index contributed by atoms with van der Waals surface area (Å²) in [6.07, 6.45) is 1.65. The lowest BCUT2D eigenvalue weighted by Crippen LogP contribution is -2.40. The average Bonchev–Trinajstić information content (AvgIpc) is 2.83. The van der Waals surface area contributed by atoms with E-state index in [0.29, 0.717) is 35.6 Å². The van der Waals surface area contributed by atoms with Crippen molar-refractivity contribution in [3.63, 3.8) is 0 Å². The second-order valence-electron chi connectivity index (χ2n) is 7.66. The normalized spacial score (nSPS) is 12.9. The Morgan fingerprint density at radius 1 is 1.26 bits per heavy atom. The van der Waals surface area contributed by atoms with Crippen molar-refractivity contribution in [3.8, 4) is 11.6 Å². The van der Waals surface area contributed by atoms with Crippen LogP contribution < -0.4 is 9.47 Å². The summed E-state index contributed by atoms with van der Waals surface area (Å²) in [6.45, 7) is 9.84. The van der Waals surface area contributed by atoms with E-state index >= 15 is 0 Å². The van der Waals surface area contributed by atoms with E-state index in [4.69, 9.17) is 9.47 Å². The van der Waals surface area contributed by atoms with Gasteiger partial charge in [-0.3, -0.25) is 9.79 Å². The Bertz CT molecular complexity index is 1060.